The molecule has 16 heavy (non-hydrogen) atoms. The van der Waals surface area contributed by atoms with Crippen LogP contribution in [0.2, 0.25) is 0 Å². The summed E-state index contributed by atoms with van der Waals surface area (Å²) in [6.07, 6.45) is 5.97. The molecule has 0 unspecified atom stereocenters. The molecule has 0 spiro atoms. The van der Waals surface area contributed by atoms with Gasteiger partial charge in [-0.25, -0.2) is 4.68 Å². The molecule has 2 fully saturated rings. The molecular weight excluding hydrogens is 204 g/mol. The summed E-state index contributed by atoms with van der Waals surface area (Å²) in [5.74, 6) is 1.01. The van der Waals surface area contributed by atoms with E-state index in [1.807, 2.05) is 4.68 Å². The number of primary amides is 1. The Bertz CT molecular complexity index is 418. The van der Waals surface area contributed by atoms with Crippen LogP contribution in [0.1, 0.15) is 41.9 Å². The van der Waals surface area contributed by atoms with E-state index in [0.717, 1.165) is 30.5 Å². The Balaban J connectivity index is 1.85. The summed E-state index contributed by atoms with van der Waals surface area (Å²) in [6, 6.07) is 0. The van der Waals surface area contributed by atoms with Crippen molar-refractivity contribution in [1.29, 1.82) is 0 Å². The third-order valence-electron chi connectivity index (χ3n) is 3.38. The molecule has 0 aliphatic heterocycles. The summed E-state index contributed by atoms with van der Waals surface area (Å²) in [7, 11) is 0. The largest absolute Gasteiger partial charge is 0.364 e. The van der Waals surface area contributed by atoms with Crippen LogP contribution in [0.5, 0.6) is 0 Å². The van der Waals surface area contributed by atoms with Gasteiger partial charge in [0.25, 0.3) is 5.91 Å². The summed E-state index contributed by atoms with van der Waals surface area (Å²) < 4.78 is 1.90. The normalized spacial score (nSPS) is 20.0. The van der Waals surface area contributed by atoms with E-state index < -0.39 is 5.91 Å². The Morgan fingerprint density at radius 2 is 2.00 bits per heavy atom. The van der Waals surface area contributed by atoms with Crippen molar-refractivity contribution in [2.75, 3.05) is 0 Å². The number of aromatic nitrogens is 3. The highest BCUT2D eigenvalue weighted by Gasteiger charge is 2.29. The van der Waals surface area contributed by atoms with Crippen LogP contribution in [0.3, 0.4) is 0 Å². The van der Waals surface area contributed by atoms with E-state index in [1.165, 1.54) is 25.7 Å². The van der Waals surface area contributed by atoms with Crippen molar-refractivity contribution in [3.63, 3.8) is 0 Å². The van der Waals surface area contributed by atoms with Crippen molar-refractivity contribution in [1.82, 2.24) is 15.0 Å². The van der Waals surface area contributed by atoms with Crippen LogP contribution in [0.25, 0.3) is 0 Å². The Morgan fingerprint density at radius 3 is 2.56 bits per heavy atom. The van der Waals surface area contributed by atoms with Gasteiger partial charge in [-0.1, -0.05) is 5.21 Å². The topological polar surface area (TPSA) is 73.8 Å². The molecule has 5 nitrogen and oxygen atoms in total. The van der Waals surface area contributed by atoms with Gasteiger partial charge >= 0.3 is 0 Å². The zero-order chi connectivity index (χ0) is 11.1. The predicted octanol–water partition coefficient (Wildman–Crippen LogP) is 0.739. The molecule has 86 valence electrons. The molecule has 2 aliphatic rings. The number of hydrogen-bond donors (Lipinski definition) is 1. The number of hydrogen-bond acceptors (Lipinski definition) is 3. The van der Waals surface area contributed by atoms with Crippen LogP contribution in [0, 0.1) is 11.8 Å². The maximum absolute atomic E-state index is 11.2. The second kappa shape index (κ2) is 3.57. The predicted molar refractivity (Wildman–Crippen MR) is 57.7 cm³/mol. The van der Waals surface area contributed by atoms with E-state index >= 15 is 0 Å². The van der Waals surface area contributed by atoms with Crippen molar-refractivity contribution in [3.05, 3.63) is 11.4 Å². The molecule has 2 aliphatic carbocycles. The maximum atomic E-state index is 11.2. The standard InChI is InChI=1S/C11H16N4O/c12-11(16)10-9(5-7-1-2-7)15(14-13-10)6-8-3-4-8/h7-8H,1-6H2,(H2,12,16). The number of rotatable bonds is 5. The van der Waals surface area contributed by atoms with Gasteiger partial charge < -0.3 is 5.73 Å². The van der Waals surface area contributed by atoms with Crippen molar-refractivity contribution < 1.29 is 4.79 Å². The first-order chi connectivity index (χ1) is 7.74. The third kappa shape index (κ3) is 1.94. The van der Waals surface area contributed by atoms with Crippen LogP contribution < -0.4 is 5.73 Å². The smallest absolute Gasteiger partial charge is 0.271 e. The van der Waals surface area contributed by atoms with Gasteiger partial charge in [0.1, 0.15) is 0 Å². The summed E-state index contributed by atoms with van der Waals surface area (Å²) in [5.41, 5.74) is 6.66. The number of amides is 1. The lowest BCUT2D eigenvalue weighted by Gasteiger charge is -2.05. The van der Waals surface area contributed by atoms with Gasteiger partial charge in [-0.05, 0) is 43.9 Å². The molecule has 0 radical (unpaired) electrons. The molecule has 1 heterocycles. The Kier molecular flexibility index (Phi) is 2.19. The van der Waals surface area contributed by atoms with E-state index in [9.17, 15) is 4.79 Å². The summed E-state index contributed by atoms with van der Waals surface area (Å²) in [5, 5.41) is 7.98. The lowest BCUT2D eigenvalue weighted by molar-refractivity contribution is 0.0994. The fourth-order valence-electron chi connectivity index (χ4n) is 2.01. The lowest BCUT2D eigenvalue weighted by Crippen LogP contribution is -2.16. The van der Waals surface area contributed by atoms with Gasteiger partial charge in [0, 0.05) is 6.54 Å². The zero-order valence-corrected chi connectivity index (χ0v) is 9.22. The van der Waals surface area contributed by atoms with E-state index in [0.29, 0.717) is 5.69 Å². The molecule has 1 amide bonds. The summed E-state index contributed by atoms with van der Waals surface area (Å²) >= 11 is 0. The first kappa shape index (κ1) is 9.81. The number of nitrogens with zero attached hydrogens (tertiary/aromatic N) is 3. The molecule has 1 aromatic heterocycles. The van der Waals surface area contributed by atoms with Crippen LogP contribution in [0.4, 0.5) is 0 Å². The Hall–Kier alpha value is -1.39. The maximum Gasteiger partial charge on any atom is 0.271 e. The summed E-state index contributed by atoms with van der Waals surface area (Å²) in [4.78, 5) is 11.2. The third-order valence-corrected chi connectivity index (χ3v) is 3.38. The van der Waals surface area contributed by atoms with E-state index in [-0.39, 0.29) is 0 Å². The van der Waals surface area contributed by atoms with E-state index in [2.05, 4.69) is 10.3 Å². The van der Waals surface area contributed by atoms with Gasteiger partial charge in [0.2, 0.25) is 0 Å². The Morgan fingerprint density at radius 1 is 1.31 bits per heavy atom. The van der Waals surface area contributed by atoms with Gasteiger partial charge in [0.15, 0.2) is 5.69 Å². The highest BCUT2D eigenvalue weighted by molar-refractivity contribution is 5.91. The van der Waals surface area contributed by atoms with Crippen LogP contribution in [-0.4, -0.2) is 20.9 Å². The molecule has 3 rings (SSSR count). The average Bonchev–Trinajstić information content (AvgIpc) is 3.08. The average molecular weight is 220 g/mol. The van der Waals surface area contributed by atoms with Crippen LogP contribution in [0.15, 0.2) is 0 Å². The van der Waals surface area contributed by atoms with Crippen molar-refractivity contribution in [3.8, 4) is 0 Å². The number of nitrogens with two attached hydrogens (primary N) is 1. The minimum Gasteiger partial charge on any atom is -0.364 e. The number of carbonyl (C=O) groups excluding carboxylic acids is 1. The molecule has 0 saturated heterocycles. The molecule has 0 atom stereocenters. The SMILES string of the molecule is NC(=O)c1nnn(CC2CC2)c1CC1CC1. The van der Waals surface area contributed by atoms with Gasteiger partial charge in [-0.2, -0.15) is 0 Å². The molecule has 2 N–H and O–H groups in total. The van der Waals surface area contributed by atoms with Crippen LogP contribution >= 0.6 is 0 Å². The number of carbonyl (C=O) groups is 1. The second-order valence-corrected chi connectivity index (χ2v) is 5.02. The quantitative estimate of drug-likeness (QED) is 0.795. The lowest BCUT2D eigenvalue weighted by atomic mass is 10.1. The molecule has 0 aromatic carbocycles. The molecule has 0 bridgehead atoms. The summed E-state index contributed by atoms with van der Waals surface area (Å²) in [6.45, 7) is 0.905. The fraction of sp³-hybridized carbons (Fsp3) is 0.727. The van der Waals surface area contributed by atoms with Crippen molar-refractivity contribution in [2.45, 2.75) is 38.6 Å². The van der Waals surface area contributed by atoms with Crippen molar-refractivity contribution in [2.24, 2.45) is 17.6 Å². The van der Waals surface area contributed by atoms with E-state index in [1.54, 1.807) is 0 Å². The fourth-order valence-corrected chi connectivity index (χ4v) is 2.01. The van der Waals surface area contributed by atoms with Gasteiger partial charge in [0.05, 0.1) is 5.69 Å². The molecule has 2 saturated carbocycles. The minimum atomic E-state index is -0.447. The van der Waals surface area contributed by atoms with Gasteiger partial charge in [-0.3, -0.25) is 4.79 Å². The van der Waals surface area contributed by atoms with Crippen molar-refractivity contribution >= 4 is 5.91 Å². The van der Waals surface area contributed by atoms with Gasteiger partial charge in [-0.15, -0.1) is 5.10 Å². The monoisotopic (exact) mass is 220 g/mol. The highest BCUT2D eigenvalue weighted by Crippen LogP contribution is 2.35. The first-order valence-corrected chi connectivity index (χ1v) is 5.96. The second-order valence-electron chi connectivity index (χ2n) is 5.02. The van der Waals surface area contributed by atoms with E-state index in [4.69, 9.17) is 5.73 Å². The van der Waals surface area contributed by atoms with Crippen LogP contribution in [-0.2, 0) is 13.0 Å². The Labute approximate surface area is 94.0 Å². The first-order valence-electron chi connectivity index (χ1n) is 5.96. The highest BCUT2D eigenvalue weighted by atomic mass is 16.1. The zero-order valence-electron chi connectivity index (χ0n) is 9.22. The molecule has 5 heteroatoms. The molecular formula is C11H16N4O. The molecule has 1 aromatic rings. The minimum absolute atomic E-state index is 0.382.